The molecular formula is C10H26FNO3. The molecule has 0 aliphatic carbocycles. The van der Waals surface area contributed by atoms with E-state index < -0.39 is 0 Å². The van der Waals surface area contributed by atoms with Gasteiger partial charge in [-0.15, -0.1) is 0 Å². The molecule has 15 heavy (non-hydrogen) atoms. The molecule has 96 valence electrons. The summed E-state index contributed by atoms with van der Waals surface area (Å²) in [5, 5.41) is 0. The highest BCUT2D eigenvalue weighted by Crippen LogP contribution is 2.24. The van der Waals surface area contributed by atoms with Crippen LogP contribution in [0.3, 0.4) is 0 Å². The van der Waals surface area contributed by atoms with Gasteiger partial charge in [-0.1, -0.05) is 0 Å². The van der Waals surface area contributed by atoms with E-state index in [1.165, 1.54) is 69.2 Å². The zero-order valence-electron chi connectivity index (χ0n) is 9.40. The minimum atomic E-state index is 0. The first kappa shape index (κ1) is 20.2. The van der Waals surface area contributed by atoms with E-state index in [-0.39, 0.29) is 21.1 Å². The van der Waals surface area contributed by atoms with Crippen LogP contribution in [-0.2, 0) is 0 Å². The van der Waals surface area contributed by atoms with E-state index in [4.69, 9.17) is 0 Å². The topological polar surface area (TPSA) is 94.5 Å². The van der Waals surface area contributed by atoms with Crippen molar-refractivity contribution >= 4 is 0 Å². The Labute approximate surface area is 91.2 Å². The molecule has 0 bridgehead atoms. The average Bonchev–Trinajstić information content (AvgIpc) is 2.07. The maximum Gasteiger partial charge on any atom is 0.0786 e. The van der Waals surface area contributed by atoms with Crippen molar-refractivity contribution in [3.05, 3.63) is 0 Å². The Balaban J connectivity index is -0.000000360. The highest BCUT2D eigenvalue weighted by molar-refractivity contribution is 4.59. The molecule has 2 aliphatic rings. The molecule has 0 aromatic rings. The molecule has 0 radical (unpaired) electrons. The Morgan fingerprint density at radius 2 is 0.733 bits per heavy atom. The summed E-state index contributed by atoms with van der Waals surface area (Å²) in [6.45, 7) is 6.00. The molecule has 6 N–H and O–H groups in total. The molecule has 2 aliphatic heterocycles. The van der Waals surface area contributed by atoms with Gasteiger partial charge in [-0.05, 0) is 38.5 Å². The minimum absolute atomic E-state index is 0. The summed E-state index contributed by atoms with van der Waals surface area (Å²) in [5.74, 6) is 0. The van der Waals surface area contributed by atoms with Crippen LogP contribution in [0.2, 0.25) is 0 Å². The Hall–Kier alpha value is -0.230. The quantitative estimate of drug-likeness (QED) is 0.388. The van der Waals surface area contributed by atoms with Crippen LogP contribution in [0.1, 0.15) is 38.5 Å². The monoisotopic (exact) mass is 227 g/mol. The summed E-state index contributed by atoms with van der Waals surface area (Å²) >= 11 is 0. The van der Waals surface area contributed by atoms with Gasteiger partial charge in [-0.2, -0.15) is 0 Å². The number of hydrogen-bond acceptors (Lipinski definition) is 0. The zero-order chi connectivity index (χ0) is 7.57. The number of quaternary nitrogens is 1. The Kier molecular flexibility index (Phi) is 12.2. The Morgan fingerprint density at radius 1 is 0.467 bits per heavy atom. The van der Waals surface area contributed by atoms with Crippen molar-refractivity contribution < 1.29 is 25.6 Å². The second-order valence-corrected chi connectivity index (χ2v) is 4.36. The first-order chi connectivity index (χ1) is 5.41. The molecule has 1 spiro atoms. The molecule has 0 amide bonds. The predicted octanol–water partition coefficient (Wildman–Crippen LogP) is -3.30. The summed E-state index contributed by atoms with van der Waals surface area (Å²) in [6, 6.07) is 0. The third-order valence-electron chi connectivity index (χ3n) is 3.53. The van der Waals surface area contributed by atoms with Crippen molar-refractivity contribution in [2.24, 2.45) is 0 Å². The van der Waals surface area contributed by atoms with Crippen molar-refractivity contribution in [2.45, 2.75) is 38.5 Å². The zero-order valence-corrected chi connectivity index (χ0v) is 9.40. The molecule has 0 saturated carbocycles. The van der Waals surface area contributed by atoms with Gasteiger partial charge in [0.25, 0.3) is 0 Å². The fourth-order valence-corrected chi connectivity index (χ4v) is 2.81. The molecule has 4 nitrogen and oxygen atoms in total. The van der Waals surface area contributed by atoms with Gasteiger partial charge in [-0.25, -0.2) is 0 Å². The summed E-state index contributed by atoms with van der Waals surface area (Å²) < 4.78 is 1.50. The molecule has 2 heterocycles. The van der Waals surface area contributed by atoms with E-state index in [1.54, 1.807) is 0 Å². The third kappa shape index (κ3) is 4.88. The molecule has 0 atom stereocenters. The van der Waals surface area contributed by atoms with Crippen LogP contribution in [0.4, 0.5) is 0 Å². The third-order valence-corrected chi connectivity index (χ3v) is 3.53. The largest absolute Gasteiger partial charge is 1.00 e. The first-order valence-electron chi connectivity index (χ1n) is 5.26. The Morgan fingerprint density at radius 3 is 1.00 bits per heavy atom. The van der Waals surface area contributed by atoms with Crippen LogP contribution in [0.25, 0.3) is 0 Å². The predicted molar refractivity (Wildman–Crippen MR) is 58.3 cm³/mol. The van der Waals surface area contributed by atoms with Crippen LogP contribution >= 0.6 is 0 Å². The summed E-state index contributed by atoms with van der Waals surface area (Å²) in [5.41, 5.74) is 0. The first-order valence-corrected chi connectivity index (χ1v) is 5.26. The number of hydrogen-bond donors (Lipinski definition) is 0. The van der Waals surface area contributed by atoms with Crippen molar-refractivity contribution in [1.29, 1.82) is 0 Å². The minimum Gasteiger partial charge on any atom is -1.00 e. The SMILES string of the molecule is C1CC[N+]2(CC1)CCCCC2.O.O.O.[F-]. The normalized spacial score (nSPS) is 22.4. The van der Waals surface area contributed by atoms with Crippen LogP contribution in [0.5, 0.6) is 0 Å². The van der Waals surface area contributed by atoms with Gasteiger partial charge in [0.05, 0.1) is 26.2 Å². The molecule has 2 fully saturated rings. The van der Waals surface area contributed by atoms with Crippen LogP contribution in [0, 0.1) is 0 Å². The second-order valence-electron chi connectivity index (χ2n) is 4.36. The van der Waals surface area contributed by atoms with Gasteiger partial charge in [0.1, 0.15) is 0 Å². The molecular weight excluding hydrogens is 201 g/mol. The van der Waals surface area contributed by atoms with E-state index in [1.807, 2.05) is 0 Å². The van der Waals surface area contributed by atoms with Crippen molar-refractivity contribution in [3.8, 4) is 0 Å². The van der Waals surface area contributed by atoms with E-state index in [9.17, 15) is 0 Å². The number of piperidine rings is 2. The lowest BCUT2D eigenvalue weighted by Crippen LogP contribution is -3.00. The summed E-state index contributed by atoms with van der Waals surface area (Å²) in [7, 11) is 0. The van der Waals surface area contributed by atoms with E-state index in [0.29, 0.717) is 0 Å². The molecule has 0 unspecified atom stereocenters. The average molecular weight is 227 g/mol. The van der Waals surface area contributed by atoms with Gasteiger partial charge in [0, 0.05) is 0 Å². The lowest BCUT2D eigenvalue weighted by molar-refractivity contribution is -0.936. The molecule has 2 rings (SSSR count). The van der Waals surface area contributed by atoms with E-state index >= 15 is 0 Å². The molecule has 0 aromatic heterocycles. The van der Waals surface area contributed by atoms with Gasteiger partial charge in [0.2, 0.25) is 0 Å². The summed E-state index contributed by atoms with van der Waals surface area (Å²) in [4.78, 5) is 0. The number of rotatable bonds is 0. The van der Waals surface area contributed by atoms with E-state index in [2.05, 4.69) is 0 Å². The van der Waals surface area contributed by atoms with Gasteiger partial charge < -0.3 is 25.6 Å². The standard InChI is InChI=1S/C10H20N.FH.3H2O/c1-3-7-11(8-4-1)9-5-2-6-10-11;;;;/h1-10H2;1H;3*1H2/q+1;;;;/p-1. The molecule has 0 aromatic carbocycles. The smallest absolute Gasteiger partial charge is 0.0786 e. The van der Waals surface area contributed by atoms with Gasteiger partial charge >= 0.3 is 0 Å². The second kappa shape index (κ2) is 9.03. The highest BCUT2D eigenvalue weighted by Gasteiger charge is 2.30. The molecule has 2 saturated heterocycles. The number of halogens is 1. The van der Waals surface area contributed by atoms with E-state index in [0.717, 1.165) is 0 Å². The number of nitrogens with zero attached hydrogens (tertiary/aromatic N) is 1. The van der Waals surface area contributed by atoms with Gasteiger partial charge in [-0.3, -0.25) is 0 Å². The highest BCUT2D eigenvalue weighted by atomic mass is 19.0. The molecule has 5 heteroatoms. The lowest BCUT2D eigenvalue weighted by Gasteiger charge is -2.44. The Bertz CT molecular complexity index is 115. The fourth-order valence-electron chi connectivity index (χ4n) is 2.81. The van der Waals surface area contributed by atoms with Crippen LogP contribution in [0.15, 0.2) is 0 Å². The summed E-state index contributed by atoms with van der Waals surface area (Å²) in [6.07, 6.45) is 9.00. The lowest BCUT2D eigenvalue weighted by atomic mass is 10.0. The van der Waals surface area contributed by atoms with Gasteiger partial charge in [0.15, 0.2) is 0 Å². The van der Waals surface area contributed by atoms with Crippen LogP contribution in [-0.4, -0.2) is 47.1 Å². The maximum atomic E-state index is 1.50. The van der Waals surface area contributed by atoms with Crippen LogP contribution < -0.4 is 4.70 Å². The fraction of sp³-hybridized carbons (Fsp3) is 1.00. The maximum absolute atomic E-state index is 1.50. The van der Waals surface area contributed by atoms with Crippen molar-refractivity contribution in [2.75, 3.05) is 26.2 Å². The van der Waals surface area contributed by atoms with Crippen molar-refractivity contribution in [3.63, 3.8) is 0 Å². The van der Waals surface area contributed by atoms with Crippen molar-refractivity contribution in [1.82, 2.24) is 0 Å².